The molecule has 0 atom stereocenters. The molecule has 2 N–H and O–H groups in total. The van der Waals surface area contributed by atoms with Gasteiger partial charge in [-0.25, -0.2) is 15.4 Å². The lowest BCUT2D eigenvalue weighted by molar-refractivity contribution is 0.355. The van der Waals surface area contributed by atoms with Gasteiger partial charge in [-0.15, -0.1) is 10.2 Å². The summed E-state index contributed by atoms with van der Waals surface area (Å²) in [5.74, 6) is 1.07. The summed E-state index contributed by atoms with van der Waals surface area (Å²) in [7, 11) is 0. The molecule has 0 aliphatic rings. The van der Waals surface area contributed by atoms with E-state index in [-0.39, 0.29) is 5.84 Å². The van der Waals surface area contributed by atoms with E-state index in [4.69, 9.17) is 4.98 Å². The van der Waals surface area contributed by atoms with Crippen molar-refractivity contribution < 1.29 is 5.11 Å². The molecule has 0 aliphatic carbocycles. The molecule has 0 saturated carbocycles. The summed E-state index contributed by atoms with van der Waals surface area (Å²) >= 11 is 0. The van der Waals surface area contributed by atoms with Crippen LogP contribution >= 0.6 is 0 Å². The molecule has 4 aromatic carbocycles. The van der Waals surface area contributed by atoms with Gasteiger partial charge in [0.1, 0.15) is 6.61 Å². The summed E-state index contributed by atoms with van der Waals surface area (Å²) < 4.78 is 4.04. The number of imidazole rings is 2. The van der Waals surface area contributed by atoms with Crippen molar-refractivity contribution >= 4 is 39.8 Å². The van der Waals surface area contributed by atoms with Crippen LogP contribution in [0, 0.1) is 0 Å². The van der Waals surface area contributed by atoms with Crippen molar-refractivity contribution in [2.45, 2.75) is 13.1 Å². The molecule has 192 valence electrons. The lowest BCUT2D eigenvalue weighted by atomic mass is 10.2. The molecule has 39 heavy (non-hydrogen) atoms. The molecule has 6 aromatic rings. The number of benzene rings is 4. The van der Waals surface area contributed by atoms with E-state index in [1.165, 1.54) is 0 Å². The van der Waals surface area contributed by atoms with Crippen LogP contribution in [0.3, 0.4) is 0 Å². The fourth-order valence-corrected chi connectivity index (χ4v) is 4.45. The molecule has 2 heterocycles. The molecule has 0 fully saturated rings. The van der Waals surface area contributed by atoms with Crippen molar-refractivity contribution in [1.29, 1.82) is 0 Å². The summed E-state index contributed by atoms with van der Waals surface area (Å²) in [6.07, 6.45) is 0. The highest BCUT2D eigenvalue weighted by molar-refractivity contribution is 5.85. The average Bonchev–Trinajstić information content (AvgIpc) is 3.52. The number of nitrogens with zero attached hydrogens (tertiary/aromatic N) is 7. The van der Waals surface area contributed by atoms with E-state index in [9.17, 15) is 5.11 Å². The first kappa shape index (κ1) is 24.2. The average molecular weight is 515 g/mol. The van der Waals surface area contributed by atoms with Gasteiger partial charge >= 0.3 is 0 Å². The van der Waals surface area contributed by atoms with Crippen LogP contribution in [0.25, 0.3) is 22.1 Å². The number of azo groups is 1. The third kappa shape index (κ3) is 5.29. The van der Waals surface area contributed by atoms with Crippen LogP contribution in [-0.4, -0.2) is 36.7 Å². The highest BCUT2D eigenvalue weighted by Crippen LogP contribution is 2.24. The number of anilines is 1. The second-order valence-electron chi connectivity index (χ2n) is 8.97. The Kier molecular flexibility index (Phi) is 6.87. The van der Waals surface area contributed by atoms with Gasteiger partial charge in [0.2, 0.25) is 5.95 Å². The number of hydrogen-bond acceptors (Lipinski definition) is 6. The molecule has 0 unspecified atom stereocenters. The van der Waals surface area contributed by atoms with E-state index in [1.807, 2.05) is 94.1 Å². The van der Waals surface area contributed by atoms with Crippen molar-refractivity contribution in [3.8, 4) is 0 Å². The Balaban J connectivity index is 1.30. The van der Waals surface area contributed by atoms with E-state index < -0.39 is 6.61 Å². The van der Waals surface area contributed by atoms with E-state index >= 15 is 0 Å². The third-order valence-electron chi connectivity index (χ3n) is 6.34. The van der Waals surface area contributed by atoms with E-state index in [0.29, 0.717) is 25.0 Å². The normalized spacial score (nSPS) is 12.1. The molecule has 0 bridgehead atoms. The number of fused-ring (bicyclic) bond motifs is 2. The zero-order valence-electron chi connectivity index (χ0n) is 21.1. The standard InChI is InChI=1S/C30H26N8O/c39-21-28(33-35-29-31-24-15-7-9-17-26(24)37(29)19-22-11-3-1-4-12-22)34-36-30-32-25-16-8-10-18-27(25)38(30)20-23-13-5-2-6-14-23/h1-18,39H,19-21H2,(H,31,35). The number of aromatic nitrogens is 4. The van der Waals surface area contributed by atoms with Gasteiger partial charge in [0.25, 0.3) is 5.95 Å². The molecule has 6 rings (SSSR count). The van der Waals surface area contributed by atoms with E-state index in [1.54, 1.807) is 0 Å². The summed E-state index contributed by atoms with van der Waals surface area (Å²) in [6.45, 7) is 0.788. The van der Waals surface area contributed by atoms with Crippen LogP contribution in [0.1, 0.15) is 11.1 Å². The van der Waals surface area contributed by atoms with Crippen molar-refractivity contribution in [1.82, 2.24) is 19.1 Å². The van der Waals surface area contributed by atoms with Crippen molar-refractivity contribution in [3.05, 3.63) is 120 Å². The molecule has 2 aromatic heterocycles. The number of nitrogens with one attached hydrogen (secondary N) is 1. The zero-order chi connectivity index (χ0) is 26.4. The van der Waals surface area contributed by atoms with Crippen molar-refractivity contribution in [2.75, 3.05) is 12.0 Å². The van der Waals surface area contributed by atoms with Crippen LogP contribution in [-0.2, 0) is 13.1 Å². The minimum Gasteiger partial charge on any atom is -0.388 e. The number of hydrogen-bond donors (Lipinski definition) is 2. The number of para-hydroxylation sites is 4. The maximum atomic E-state index is 9.99. The Hall–Kier alpha value is -5.15. The molecule has 0 aliphatic heterocycles. The molecule has 0 amide bonds. The largest absolute Gasteiger partial charge is 0.388 e. The first-order valence-electron chi connectivity index (χ1n) is 12.6. The summed E-state index contributed by atoms with van der Waals surface area (Å²) in [5.41, 5.74) is 8.82. The van der Waals surface area contributed by atoms with Crippen LogP contribution in [0.15, 0.2) is 125 Å². The fraction of sp³-hybridized carbons (Fsp3) is 0.100. The number of rotatable bonds is 8. The first-order valence-corrected chi connectivity index (χ1v) is 12.6. The number of aliphatic hydroxyl groups is 1. The van der Waals surface area contributed by atoms with Gasteiger partial charge in [-0.05, 0) is 35.4 Å². The lowest BCUT2D eigenvalue weighted by Crippen LogP contribution is -2.09. The maximum Gasteiger partial charge on any atom is 0.250 e. The third-order valence-corrected chi connectivity index (χ3v) is 6.34. The Labute approximate surface area is 224 Å². The zero-order valence-corrected chi connectivity index (χ0v) is 21.1. The SMILES string of the molecule is OCC(N=Nc1nc2ccccc2n1Cc1ccccc1)=NNc1nc2ccccc2n1Cc1ccccc1. The molecular formula is C30H26N8O. The molecule has 9 heteroatoms. The molecule has 0 saturated heterocycles. The lowest BCUT2D eigenvalue weighted by Gasteiger charge is -2.09. The summed E-state index contributed by atoms with van der Waals surface area (Å²) in [6, 6.07) is 36.0. The van der Waals surface area contributed by atoms with Gasteiger partial charge in [-0.1, -0.05) is 84.9 Å². The highest BCUT2D eigenvalue weighted by atomic mass is 16.3. The Bertz CT molecular complexity index is 1770. The van der Waals surface area contributed by atoms with Gasteiger partial charge in [-0.3, -0.25) is 0 Å². The van der Waals surface area contributed by atoms with Crippen LogP contribution in [0.5, 0.6) is 0 Å². The maximum absolute atomic E-state index is 9.99. The predicted molar refractivity (Wildman–Crippen MR) is 153 cm³/mol. The van der Waals surface area contributed by atoms with Gasteiger partial charge in [-0.2, -0.15) is 5.10 Å². The quantitative estimate of drug-likeness (QED) is 0.113. The molecule has 0 radical (unpaired) electrons. The minimum absolute atomic E-state index is 0.103. The second-order valence-corrected chi connectivity index (χ2v) is 8.97. The van der Waals surface area contributed by atoms with Gasteiger partial charge < -0.3 is 14.2 Å². The Morgan fingerprint density at radius 2 is 1.21 bits per heavy atom. The summed E-state index contributed by atoms with van der Waals surface area (Å²) in [5, 5.41) is 22.9. The smallest absolute Gasteiger partial charge is 0.250 e. The minimum atomic E-state index is -0.408. The highest BCUT2D eigenvalue weighted by Gasteiger charge is 2.13. The van der Waals surface area contributed by atoms with Crippen LogP contribution in [0.2, 0.25) is 0 Å². The molecule has 0 spiro atoms. The second kappa shape index (κ2) is 11.1. The Morgan fingerprint density at radius 1 is 0.667 bits per heavy atom. The monoisotopic (exact) mass is 514 g/mol. The van der Waals surface area contributed by atoms with E-state index in [2.05, 4.69) is 50.0 Å². The fourth-order valence-electron chi connectivity index (χ4n) is 4.45. The van der Waals surface area contributed by atoms with Gasteiger partial charge in [0.05, 0.1) is 35.2 Å². The predicted octanol–water partition coefficient (Wildman–Crippen LogP) is 5.98. The molecule has 9 nitrogen and oxygen atoms in total. The van der Waals surface area contributed by atoms with Gasteiger partial charge in [0.15, 0.2) is 5.84 Å². The molecular weight excluding hydrogens is 488 g/mol. The number of aliphatic hydroxyl groups excluding tert-OH is 1. The number of amidine groups is 1. The first-order chi connectivity index (χ1) is 19.3. The van der Waals surface area contributed by atoms with E-state index in [0.717, 1.165) is 33.2 Å². The topological polar surface area (TPSA) is 105 Å². The Morgan fingerprint density at radius 3 is 1.85 bits per heavy atom. The van der Waals surface area contributed by atoms with Crippen LogP contribution in [0.4, 0.5) is 11.9 Å². The van der Waals surface area contributed by atoms with Crippen molar-refractivity contribution in [3.63, 3.8) is 0 Å². The number of hydrazone groups is 1. The van der Waals surface area contributed by atoms with Crippen LogP contribution < -0.4 is 5.43 Å². The summed E-state index contributed by atoms with van der Waals surface area (Å²) in [4.78, 5) is 9.35. The van der Waals surface area contributed by atoms with Crippen molar-refractivity contribution in [2.24, 2.45) is 15.3 Å². The van der Waals surface area contributed by atoms with Gasteiger partial charge in [0, 0.05) is 0 Å².